The fourth-order valence-electron chi connectivity index (χ4n) is 1.36. The Morgan fingerprint density at radius 1 is 1.31 bits per heavy atom. The normalized spacial score (nSPS) is 10.2. The molecule has 0 saturated heterocycles. The molecular weight excluding hydrogens is 198 g/mol. The van der Waals surface area contributed by atoms with E-state index in [0.717, 1.165) is 13.0 Å². The molecule has 0 aliphatic rings. The van der Waals surface area contributed by atoms with E-state index in [0.29, 0.717) is 6.54 Å². The van der Waals surface area contributed by atoms with Crippen LogP contribution in [0.1, 0.15) is 5.56 Å². The molecule has 0 aliphatic carbocycles. The van der Waals surface area contributed by atoms with E-state index < -0.39 is 0 Å². The van der Waals surface area contributed by atoms with Crippen LogP contribution in [-0.2, 0) is 4.79 Å². The Bertz CT molecular complexity index is 354. The highest BCUT2D eigenvalue weighted by Gasteiger charge is 2.12. The van der Waals surface area contributed by atoms with Crippen LogP contribution in [0.5, 0.6) is 0 Å². The summed E-state index contributed by atoms with van der Waals surface area (Å²) in [6.45, 7) is 2.50. The zero-order chi connectivity index (χ0) is 12.1. The monoisotopic (exact) mass is 216 g/mol. The summed E-state index contributed by atoms with van der Waals surface area (Å²) < 4.78 is 0. The molecule has 0 heterocycles. The molecule has 1 aromatic rings. The van der Waals surface area contributed by atoms with Gasteiger partial charge in [-0.1, -0.05) is 17.7 Å². The molecule has 1 aromatic carbocycles. The van der Waals surface area contributed by atoms with E-state index in [1.807, 2.05) is 57.8 Å². The zero-order valence-corrected chi connectivity index (χ0v) is 10.5. The highest BCUT2D eigenvalue weighted by atomic mass is 16.2. The molecule has 0 N–H and O–H groups in total. The van der Waals surface area contributed by atoms with Gasteiger partial charge in [0, 0.05) is 12.7 Å². The molecule has 84 valence electrons. The first kappa shape index (κ1) is 12.8. The number of aryl methyl sites for hydroxylation is 1. The van der Waals surface area contributed by atoms with Gasteiger partial charge in [0.05, 0.1) is 14.3 Å². The molecule has 16 heavy (non-hydrogen) atoms. The van der Waals surface area contributed by atoms with Crippen LogP contribution in [0.15, 0.2) is 24.3 Å². The molecule has 5 heteroatoms. The second kappa shape index (κ2) is 5.75. The summed E-state index contributed by atoms with van der Waals surface area (Å²) in [7, 11) is 6.68. The Morgan fingerprint density at radius 3 is 2.38 bits per heavy atom. The van der Waals surface area contributed by atoms with Gasteiger partial charge >= 0.3 is 0 Å². The van der Waals surface area contributed by atoms with Gasteiger partial charge in [-0.3, -0.25) is 4.79 Å². The average molecular weight is 216 g/mol. The van der Waals surface area contributed by atoms with Crippen LogP contribution < -0.4 is 4.90 Å². The van der Waals surface area contributed by atoms with Gasteiger partial charge in [-0.15, -0.1) is 0 Å². The van der Waals surface area contributed by atoms with Crippen LogP contribution in [0.25, 0.3) is 0 Å². The lowest BCUT2D eigenvalue weighted by atomic mass is 9.65. The van der Waals surface area contributed by atoms with E-state index in [2.05, 4.69) is 0 Å². The summed E-state index contributed by atoms with van der Waals surface area (Å²) in [5.41, 5.74) is 2.15. The largest absolute Gasteiger partial charge is 0.348 e. The molecule has 0 atom stereocenters. The molecule has 0 spiro atoms. The van der Waals surface area contributed by atoms with Gasteiger partial charge in [-0.25, -0.2) is 0 Å². The fourth-order valence-corrected chi connectivity index (χ4v) is 1.36. The second-order valence-corrected chi connectivity index (χ2v) is 4.12. The Kier molecular flexibility index (Phi) is 4.62. The zero-order valence-electron chi connectivity index (χ0n) is 10.5. The summed E-state index contributed by atoms with van der Waals surface area (Å²) in [6, 6.07) is 7.98. The molecular formula is C11H18B2N2O. The molecule has 1 rings (SSSR count). The second-order valence-electron chi connectivity index (χ2n) is 4.12. The first-order valence-corrected chi connectivity index (χ1v) is 5.56. The first-order valence-electron chi connectivity index (χ1n) is 5.56. The number of benzene rings is 1. The number of carbonyl (C=O) groups is 1. The maximum Gasteiger partial charge on any atom is 0.239 e. The third-order valence-electron chi connectivity index (χ3n) is 2.74. The van der Waals surface area contributed by atoms with Crippen molar-refractivity contribution in [3.63, 3.8) is 0 Å². The third-order valence-corrected chi connectivity index (χ3v) is 2.74. The molecule has 3 nitrogen and oxygen atoms in total. The van der Waals surface area contributed by atoms with E-state index in [-0.39, 0.29) is 5.91 Å². The van der Waals surface area contributed by atoms with Crippen LogP contribution in [0, 0.1) is 6.92 Å². The van der Waals surface area contributed by atoms with Gasteiger partial charge in [-0.2, -0.15) is 0 Å². The van der Waals surface area contributed by atoms with Crippen molar-refractivity contribution in [2.75, 3.05) is 25.5 Å². The Hall–Kier alpha value is -1.22. The van der Waals surface area contributed by atoms with Crippen LogP contribution in [-0.4, -0.2) is 46.4 Å². The summed E-state index contributed by atoms with van der Waals surface area (Å²) in [5.74, 6) is 0.119. The van der Waals surface area contributed by atoms with Crippen molar-refractivity contribution < 1.29 is 4.79 Å². The predicted molar refractivity (Wildman–Crippen MR) is 72.9 cm³/mol. The number of anilines is 1. The maximum absolute atomic E-state index is 11.9. The van der Waals surface area contributed by atoms with Crippen molar-refractivity contribution in [3.8, 4) is 0 Å². The molecule has 0 saturated carbocycles. The van der Waals surface area contributed by atoms with Crippen molar-refractivity contribution in [1.29, 1.82) is 0 Å². The van der Waals surface area contributed by atoms with Crippen molar-refractivity contribution in [2.45, 2.75) is 6.92 Å². The standard InChI is InChI=1S/C11H18B2N2O/c1-9-4-6-10(7-5-9)15(3)11(16)8-14(2)13-12/h4-7,13H,8,12H2,1-3H3. The lowest BCUT2D eigenvalue weighted by molar-refractivity contribution is -0.118. The number of likely N-dealkylation sites (N-methyl/N-ethyl adjacent to an activating group) is 2. The lowest BCUT2D eigenvalue weighted by Crippen LogP contribution is -2.38. The number of hydrogen-bond acceptors (Lipinski definition) is 2. The molecule has 0 unspecified atom stereocenters. The summed E-state index contributed by atoms with van der Waals surface area (Å²) >= 11 is 0. The van der Waals surface area contributed by atoms with Gasteiger partial charge in [0.2, 0.25) is 5.91 Å². The molecule has 0 aromatic heterocycles. The number of nitrogens with zero attached hydrogens (tertiary/aromatic N) is 2. The predicted octanol–water partition coefficient (Wildman–Crippen LogP) is -0.211. The molecule has 0 radical (unpaired) electrons. The van der Waals surface area contributed by atoms with Crippen molar-refractivity contribution in [2.24, 2.45) is 0 Å². The van der Waals surface area contributed by atoms with Gasteiger partial charge in [0.15, 0.2) is 7.31 Å². The molecule has 0 aliphatic heterocycles. The van der Waals surface area contributed by atoms with E-state index in [4.69, 9.17) is 0 Å². The molecule has 0 fully saturated rings. The van der Waals surface area contributed by atoms with Crippen LogP contribution >= 0.6 is 0 Å². The maximum atomic E-state index is 11.9. The minimum absolute atomic E-state index is 0.119. The van der Waals surface area contributed by atoms with Crippen LogP contribution in [0.3, 0.4) is 0 Å². The van der Waals surface area contributed by atoms with Crippen LogP contribution in [0.2, 0.25) is 0 Å². The summed E-state index contributed by atoms with van der Waals surface area (Å²) in [4.78, 5) is 15.6. The Labute approximate surface area is 99.1 Å². The van der Waals surface area contributed by atoms with Gasteiger partial charge in [0.25, 0.3) is 0 Å². The quantitative estimate of drug-likeness (QED) is 0.650. The van der Waals surface area contributed by atoms with Crippen molar-refractivity contribution >= 4 is 26.6 Å². The number of amides is 1. The van der Waals surface area contributed by atoms with Gasteiger partial charge in [0.1, 0.15) is 0 Å². The number of hydrogen-bond donors (Lipinski definition) is 0. The number of rotatable bonds is 4. The van der Waals surface area contributed by atoms with E-state index in [9.17, 15) is 4.79 Å². The van der Waals surface area contributed by atoms with E-state index in [1.54, 1.807) is 4.90 Å². The molecule has 0 bridgehead atoms. The SMILES string of the molecule is BBN(C)CC(=O)N(C)c1ccc(C)cc1. The van der Waals surface area contributed by atoms with Gasteiger partial charge < -0.3 is 9.71 Å². The average Bonchev–Trinajstić information content (AvgIpc) is 2.28. The minimum atomic E-state index is 0.119. The third kappa shape index (κ3) is 3.42. The molecule has 1 amide bonds. The smallest absolute Gasteiger partial charge is 0.239 e. The highest BCUT2D eigenvalue weighted by Crippen LogP contribution is 2.13. The van der Waals surface area contributed by atoms with Gasteiger partial charge in [-0.05, 0) is 26.1 Å². The minimum Gasteiger partial charge on any atom is -0.348 e. The first-order chi connectivity index (χ1) is 7.54. The lowest BCUT2D eigenvalue weighted by Gasteiger charge is -2.21. The fraction of sp³-hybridized carbons (Fsp3) is 0.364. The Balaban J connectivity index is 2.66. The Morgan fingerprint density at radius 2 is 1.88 bits per heavy atom. The van der Waals surface area contributed by atoms with E-state index >= 15 is 0 Å². The summed E-state index contributed by atoms with van der Waals surface area (Å²) in [6.07, 6.45) is 0. The summed E-state index contributed by atoms with van der Waals surface area (Å²) in [5, 5.41) is 0. The van der Waals surface area contributed by atoms with Crippen molar-refractivity contribution in [1.82, 2.24) is 4.81 Å². The van der Waals surface area contributed by atoms with Crippen LogP contribution in [0.4, 0.5) is 5.69 Å². The number of carbonyl (C=O) groups excluding carboxylic acids is 1. The highest BCUT2D eigenvalue weighted by molar-refractivity contribution is 6.87. The van der Waals surface area contributed by atoms with E-state index in [1.165, 1.54) is 5.56 Å². The topological polar surface area (TPSA) is 23.6 Å². The van der Waals surface area contributed by atoms with Crippen molar-refractivity contribution in [3.05, 3.63) is 29.8 Å².